The summed E-state index contributed by atoms with van der Waals surface area (Å²) in [6.45, 7) is 4.10. The van der Waals surface area contributed by atoms with Crippen LogP contribution in [0.1, 0.15) is 30.0 Å². The van der Waals surface area contributed by atoms with Crippen molar-refractivity contribution in [2.24, 2.45) is 0 Å². The number of nitrogens with zero attached hydrogens (tertiary/aromatic N) is 2. The average Bonchev–Trinajstić information content (AvgIpc) is 2.52. The van der Waals surface area contributed by atoms with Crippen molar-refractivity contribution >= 4 is 17.4 Å². The topological polar surface area (TPSA) is 67.3 Å². The minimum absolute atomic E-state index is 0.326. The molecule has 0 saturated carbocycles. The third kappa shape index (κ3) is 3.87. The summed E-state index contributed by atoms with van der Waals surface area (Å²) in [6, 6.07) is 7.35. The van der Waals surface area contributed by atoms with Gasteiger partial charge in [0.25, 0.3) is 0 Å². The summed E-state index contributed by atoms with van der Waals surface area (Å²) in [6.07, 6.45) is 0.0466. The van der Waals surface area contributed by atoms with Crippen LogP contribution in [0.2, 0.25) is 5.15 Å². The van der Waals surface area contributed by atoms with Gasteiger partial charge in [-0.1, -0.05) is 30.7 Å². The minimum Gasteiger partial charge on any atom is -0.497 e. The number of aliphatic hydroxyl groups is 1. The Morgan fingerprint density at radius 2 is 2.14 bits per heavy atom. The van der Waals surface area contributed by atoms with Crippen molar-refractivity contribution in [2.45, 2.75) is 26.4 Å². The lowest BCUT2D eigenvalue weighted by atomic mass is 10.1. The molecule has 0 spiro atoms. The van der Waals surface area contributed by atoms with Gasteiger partial charge in [0.2, 0.25) is 0 Å². The van der Waals surface area contributed by atoms with Crippen LogP contribution in [0, 0.1) is 6.92 Å². The molecule has 0 fully saturated rings. The van der Waals surface area contributed by atoms with Gasteiger partial charge in [-0.2, -0.15) is 0 Å². The van der Waals surface area contributed by atoms with Crippen molar-refractivity contribution in [1.29, 1.82) is 0 Å². The number of halogens is 1. The molecule has 1 aromatic carbocycles. The van der Waals surface area contributed by atoms with Crippen LogP contribution in [0.15, 0.2) is 24.3 Å². The third-order valence-corrected chi connectivity index (χ3v) is 3.68. The first-order valence-electron chi connectivity index (χ1n) is 7.14. The number of aromatic nitrogens is 2. The van der Waals surface area contributed by atoms with Gasteiger partial charge in [-0.3, -0.25) is 0 Å². The number of aryl methyl sites for hydroxylation is 1. The van der Waals surface area contributed by atoms with Crippen molar-refractivity contribution in [3.63, 3.8) is 0 Å². The lowest BCUT2D eigenvalue weighted by Crippen LogP contribution is -2.15. The molecule has 0 radical (unpaired) electrons. The van der Waals surface area contributed by atoms with Crippen LogP contribution in [-0.2, 0) is 6.42 Å². The van der Waals surface area contributed by atoms with Crippen LogP contribution in [0.5, 0.6) is 5.75 Å². The van der Waals surface area contributed by atoms with Gasteiger partial charge in [0.15, 0.2) is 0 Å². The molecule has 0 amide bonds. The average molecular weight is 322 g/mol. The Morgan fingerprint density at radius 3 is 2.82 bits per heavy atom. The molecule has 0 aliphatic rings. The van der Waals surface area contributed by atoms with Crippen LogP contribution in [0.4, 0.5) is 5.82 Å². The lowest BCUT2D eigenvalue weighted by Gasteiger charge is -2.16. The summed E-state index contributed by atoms with van der Waals surface area (Å²) in [5.41, 5.74) is 1.63. The van der Waals surface area contributed by atoms with E-state index in [0.29, 0.717) is 29.1 Å². The van der Waals surface area contributed by atoms with E-state index in [1.807, 2.05) is 31.2 Å². The number of hydrogen-bond acceptors (Lipinski definition) is 5. The zero-order chi connectivity index (χ0) is 16.1. The predicted octanol–water partition coefficient (Wildman–Crippen LogP) is 3.15. The summed E-state index contributed by atoms with van der Waals surface area (Å²) >= 11 is 6.14. The normalized spacial score (nSPS) is 12.0. The number of anilines is 1. The second-order valence-electron chi connectivity index (χ2n) is 4.92. The standard InChI is InChI=1S/C16H20ClN3O2/c1-4-13-15(17)19-10(2)20-16(13)18-9-14(21)11-6-5-7-12(8-11)22-3/h5-8,14,21H,4,9H2,1-3H3,(H,18,19,20). The van der Waals surface area contributed by atoms with Crippen molar-refractivity contribution in [3.8, 4) is 5.75 Å². The Hall–Kier alpha value is -1.85. The van der Waals surface area contributed by atoms with E-state index in [-0.39, 0.29) is 0 Å². The summed E-state index contributed by atoms with van der Waals surface area (Å²) in [4.78, 5) is 8.51. The first-order chi connectivity index (χ1) is 10.5. The fraction of sp³-hybridized carbons (Fsp3) is 0.375. The van der Waals surface area contributed by atoms with Crippen molar-refractivity contribution in [2.75, 3.05) is 19.0 Å². The maximum atomic E-state index is 10.3. The Balaban J connectivity index is 2.12. The van der Waals surface area contributed by atoms with Gasteiger partial charge in [0.1, 0.15) is 22.5 Å². The van der Waals surface area contributed by atoms with Gasteiger partial charge < -0.3 is 15.2 Å². The molecule has 2 aromatic rings. The molecule has 1 heterocycles. The van der Waals surface area contributed by atoms with E-state index in [1.54, 1.807) is 14.0 Å². The Bertz CT molecular complexity index is 649. The Kier molecular flexibility index (Phi) is 5.57. The van der Waals surface area contributed by atoms with Crippen LogP contribution in [0.3, 0.4) is 0 Å². The summed E-state index contributed by atoms with van der Waals surface area (Å²) < 4.78 is 5.17. The van der Waals surface area contributed by atoms with Crippen molar-refractivity contribution in [3.05, 3.63) is 46.4 Å². The molecule has 2 N–H and O–H groups in total. The van der Waals surface area contributed by atoms with Crippen molar-refractivity contribution in [1.82, 2.24) is 9.97 Å². The molecule has 0 aliphatic carbocycles. The Morgan fingerprint density at radius 1 is 1.36 bits per heavy atom. The second-order valence-corrected chi connectivity index (χ2v) is 5.27. The molecule has 5 nitrogen and oxygen atoms in total. The maximum absolute atomic E-state index is 10.3. The number of benzene rings is 1. The molecule has 6 heteroatoms. The molecule has 118 valence electrons. The molecule has 22 heavy (non-hydrogen) atoms. The number of aliphatic hydroxyl groups excluding tert-OH is 1. The third-order valence-electron chi connectivity index (χ3n) is 3.36. The zero-order valence-electron chi connectivity index (χ0n) is 12.9. The molecule has 1 unspecified atom stereocenters. The molecule has 2 rings (SSSR count). The van der Waals surface area contributed by atoms with E-state index in [2.05, 4.69) is 15.3 Å². The summed E-state index contributed by atoms with van der Waals surface area (Å²) in [7, 11) is 1.60. The quantitative estimate of drug-likeness (QED) is 0.800. The van der Waals surface area contributed by atoms with Gasteiger partial charge in [-0.05, 0) is 31.0 Å². The molecule has 0 aliphatic heterocycles. The highest BCUT2D eigenvalue weighted by molar-refractivity contribution is 6.30. The fourth-order valence-corrected chi connectivity index (χ4v) is 2.53. The summed E-state index contributed by atoms with van der Waals surface area (Å²) in [5.74, 6) is 1.98. The highest BCUT2D eigenvalue weighted by atomic mass is 35.5. The maximum Gasteiger partial charge on any atom is 0.138 e. The van der Waals surface area contributed by atoms with Crippen LogP contribution >= 0.6 is 11.6 Å². The molecule has 1 atom stereocenters. The monoisotopic (exact) mass is 321 g/mol. The fourth-order valence-electron chi connectivity index (χ4n) is 2.18. The lowest BCUT2D eigenvalue weighted by molar-refractivity contribution is 0.191. The number of methoxy groups -OCH3 is 1. The Labute approximate surface area is 135 Å². The van der Waals surface area contributed by atoms with Crippen LogP contribution in [-0.4, -0.2) is 28.7 Å². The van der Waals surface area contributed by atoms with Gasteiger partial charge >= 0.3 is 0 Å². The molecule has 0 saturated heterocycles. The van der Waals surface area contributed by atoms with E-state index >= 15 is 0 Å². The van der Waals surface area contributed by atoms with Gasteiger partial charge in [-0.15, -0.1) is 0 Å². The highest BCUT2D eigenvalue weighted by Gasteiger charge is 2.13. The SMILES string of the molecule is CCc1c(Cl)nc(C)nc1NCC(O)c1cccc(OC)c1. The second kappa shape index (κ2) is 7.42. The molecular formula is C16H20ClN3O2. The van der Waals surface area contributed by atoms with E-state index in [9.17, 15) is 5.11 Å². The van der Waals surface area contributed by atoms with Crippen LogP contribution < -0.4 is 10.1 Å². The van der Waals surface area contributed by atoms with Gasteiger partial charge in [0.05, 0.1) is 13.2 Å². The van der Waals surface area contributed by atoms with E-state index in [1.165, 1.54) is 0 Å². The van der Waals surface area contributed by atoms with E-state index in [0.717, 1.165) is 17.5 Å². The summed E-state index contributed by atoms with van der Waals surface area (Å²) in [5, 5.41) is 13.9. The number of rotatable bonds is 6. The number of ether oxygens (including phenoxy) is 1. The van der Waals surface area contributed by atoms with E-state index in [4.69, 9.17) is 16.3 Å². The largest absolute Gasteiger partial charge is 0.497 e. The van der Waals surface area contributed by atoms with Gasteiger partial charge in [-0.25, -0.2) is 9.97 Å². The smallest absolute Gasteiger partial charge is 0.138 e. The molecule has 1 aromatic heterocycles. The van der Waals surface area contributed by atoms with Gasteiger partial charge in [0, 0.05) is 12.1 Å². The predicted molar refractivity (Wildman–Crippen MR) is 87.6 cm³/mol. The first-order valence-corrected chi connectivity index (χ1v) is 7.51. The first kappa shape index (κ1) is 16.5. The van der Waals surface area contributed by atoms with E-state index < -0.39 is 6.10 Å². The van der Waals surface area contributed by atoms with Crippen LogP contribution in [0.25, 0.3) is 0 Å². The zero-order valence-corrected chi connectivity index (χ0v) is 13.7. The minimum atomic E-state index is -0.672. The number of nitrogens with one attached hydrogen (secondary N) is 1. The molecular weight excluding hydrogens is 302 g/mol. The van der Waals surface area contributed by atoms with Crippen molar-refractivity contribution < 1.29 is 9.84 Å². The number of hydrogen-bond donors (Lipinski definition) is 2. The molecule has 0 bridgehead atoms. The highest BCUT2D eigenvalue weighted by Crippen LogP contribution is 2.23.